The molecule has 1 amide bonds. The SMILES string of the molecule is Cc1ccc(N2CC(C)NC(=O)C2CO)c(C)c1. The molecule has 0 aliphatic carbocycles. The van der Waals surface area contributed by atoms with Crippen LogP contribution < -0.4 is 10.2 Å². The van der Waals surface area contributed by atoms with Crippen molar-refractivity contribution in [1.82, 2.24) is 5.32 Å². The van der Waals surface area contributed by atoms with Gasteiger partial charge in [-0.1, -0.05) is 17.7 Å². The number of carbonyl (C=O) groups excluding carboxylic acids is 1. The molecule has 1 fully saturated rings. The van der Waals surface area contributed by atoms with E-state index in [1.807, 2.05) is 37.8 Å². The van der Waals surface area contributed by atoms with Crippen LogP contribution in [-0.2, 0) is 4.79 Å². The van der Waals surface area contributed by atoms with E-state index in [0.717, 1.165) is 17.8 Å². The fourth-order valence-electron chi connectivity index (χ4n) is 2.52. The summed E-state index contributed by atoms with van der Waals surface area (Å²) in [5.41, 5.74) is 3.36. The Labute approximate surface area is 108 Å². The van der Waals surface area contributed by atoms with Gasteiger partial charge in [0.1, 0.15) is 6.04 Å². The molecule has 0 aromatic heterocycles. The summed E-state index contributed by atoms with van der Waals surface area (Å²) >= 11 is 0. The standard InChI is InChI=1S/C14H20N2O2/c1-9-4-5-12(10(2)6-9)16-7-11(3)15-14(18)13(16)8-17/h4-6,11,13,17H,7-8H2,1-3H3,(H,15,18). The van der Waals surface area contributed by atoms with Crippen molar-refractivity contribution in [2.75, 3.05) is 18.1 Å². The largest absolute Gasteiger partial charge is 0.394 e. The highest BCUT2D eigenvalue weighted by Crippen LogP contribution is 2.25. The normalized spacial score (nSPS) is 24.0. The predicted molar refractivity (Wildman–Crippen MR) is 71.7 cm³/mol. The molecule has 1 heterocycles. The molecule has 1 aliphatic rings. The zero-order chi connectivity index (χ0) is 13.3. The third kappa shape index (κ3) is 2.34. The molecule has 1 aromatic carbocycles. The van der Waals surface area contributed by atoms with Crippen molar-refractivity contribution in [3.8, 4) is 0 Å². The van der Waals surface area contributed by atoms with Crippen LogP contribution in [0.2, 0.25) is 0 Å². The number of aliphatic hydroxyl groups excluding tert-OH is 1. The lowest BCUT2D eigenvalue weighted by Gasteiger charge is -2.39. The van der Waals surface area contributed by atoms with Gasteiger partial charge in [-0.05, 0) is 32.4 Å². The van der Waals surface area contributed by atoms with E-state index < -0.39 is 6.04 Å². The summed E-state index contributed by atoms with van der Waals surface area (Å²) in [4.78, 5) is 13.9. The van der Waals surface area contributed by atoms with Crippen LogP contribution >= 0.6 is 0 Å². The average Bonchev–Trinajstić information content (AvgIpc) is 2.28. The molecule has 0 radical (unpaired) electrons. The highest BCUT2D eigenvalue weighted by atomic mass is 16.3. The van der Waals surface area contributed by atoms with E-state index in [1.54, 1.807) is 0 Å². The number of aliphatic hydroxyl groups is 1. The molecule has 2 atom stereocenters. The van der Waals surface area contributed by atoms with Crippen LogP contribution in [0.5, 0.6) is 0 Å². The first-order chi connectivity index (χ1) is 8.52. The molecular weight excluding hydrogens is 228 g/mol. The van der Waals surface area contributed by atoms with Crippen molar-refractivity contribution >= 4 is 11.6 Å². The Morgan fingerprint density at radius 3 is 2.78 bits per heavy atom. The maximum atomic E-state index is 11.9. The minimum Gasteiger partial charge on any atom is -0.394 e. The van der Waals surface area contributed by atoms with Crippen molar-refractivity contribution in [3.05, 3.63) is 29.3 Å². The Balaban J connectivity index is 2.36. The van der Waals surface area contributed by atoms with Crippen LogP contribution in [0.25, 0.3) is 0 Å². The first kappa shape index (κ1) is 12.9. The van der Waals surface area contributed by atoms with Crippen LogP contribution in [0.15, 0.2) is 18.2 Å². The van der Waals surface area contributed by atoms with Gasteiger partial charge < -0.3 is 15.3 Å². The van der Waals surface area contributed by atoms with Crippen LogP contribution in [-0.4, -0.2) is 36.2 Å². The maximum absolute atomic E-state index is 11.9. The van der Waals surface area contributed by atoms with Gasteiger partial charge in [0.15, 0.2) is 0 Å². The topological polar surface area (TPSA) is 52.6 Å². The van der Waals surface area contributed by atoms with Crippen LogP contribution in [0.4, 0.5) is 5.69 Å². The van der Waals surface area contributed by atoms with Gasteiger partial charge in [0, 0.05) is 18.3 Å². The summed E-state index contributed by atoms with van der Waals surface area (Å²) in [6, 6.07) is 5.77. The lowest BCUT2D eigenvalue weighted by atomic mass is 10.0. The number of anilines is 1. The van der Waals surface area contributed by atoms with Crippen molar-refractivity contribution in [2.24, 2.45) is 0 Å². The van der Waals surface area contributed by atoms with Crippen LogP contribution in [0.1, 0.15) is 18.1 Å². The van der Waals surface area contributed by atoms with Crippen molar-refractivity contribution in [1.29, 1.82) is 0 Å². The van der Waals surface area contributed by atoms with Crippen LogP contribution in [0, 0.1) is 13.8 Å². The van der Waals surface area contributed by atoms with E-state index in [1.165, 1.54) is 5.56 Å². The van der Waals surface area contributed by atoms with Gasteiger partial charge in [0.2, 0.25) is 5.91 Å². The zero-order valence-corrected chi connectivity index (χ0v) is 11.1. The molecule has 2 N–H and O–H groups in total. The van der Waals surface area contributed by atoms with E-state index >= 15 is 0 Å². The third-order valence-electron chi connectivity index (χ3n) is 3.37. The monoisotopic (exact) mass is 248 g/mol. The summed E-state index contributed by atoms with van der Waals surface area (Å²) in [5, 5.41) is 12.3. The summed E-state index contributed by atoms with van der Waals surface area (Å²) in [6.07, 6.45) is 0. The molecule has 1 aromatic rings. The second-order valence-corrected chi connectivity index (χ2v) is 5.05. The van der Waals surface area contributed by atoms with E-state index in [4.69, 9.17) is 0 Å². The van der Waals surface area contributed by atoms with Gasteiger partial charge in [0.05, 0.1) is 6.61 Å². The molecule has 0 spiro atoms. The summed E-state index contributed by atoms with van der Waals surface area (Å²) in [5.74, 6) is -0.101. The van der Waals surface area contributed by atoms with Gasteiger partial charge in [-0.2, -0.15) is 0 Å². The molecule has 98 valence electrons. The number of piperazine rings is 1. The van der Waals surface area contributed by atoms with E-state index in [9.17, 15) is 9.90 Å². The summed E-state index contributed by atoms with van der Waals surface area (Å²) in [7, 11) is 0. The maximum Gasteiger partial charge on any atom is 0.245 e. The Morgan fingerprint density at radius 1 is 1.44 bits per heavy atom. The van der Waals surface area contributed by atoms with Crippen molar-refractivity contribution in [3.63, 3.8) is 0 Å². The van der Waals surface area contributed by atoms with E-state index in [-0.39, 0.29) is 18.6 Å². The van der Waals surface area contributed by atoms with Gasteiger partial charge in [0.25, 0.3) is 0 Å². The number of nitrogens with zero attached hydrogens (tertiary/aromatic N) is 1. The second kappa shape index (κ2) is 4.98. The second-order valence-electron chi connectivity index (χ2n) is 5.05. The minimum atomic E-state index is -0.484. The first-order valence-electron chi connectivity index (χ1n) is 6.28. The fourth-order valence-corrected chi connectivity index (χ4v) is 2.52. The van der Waals surface area contributed by atoms with E-state index in [0.29, 0.717) is 0 Å². The number of amides is 1. The van der Waals surface area contributed by atoms with Gasteiger partial charge in [-0.3, -0.25) is 4.79 Å². The predicted octanol–water partition coefficient (Wildman–Crippen LogP) is 0.989. The lowest BCUT2D eigenvalue weighted by Crippen LogP contribution is -2.60. The highest BCUT2D eigenvalue weighted by Gasteiger charge is 2.32. The number of benzene rings is 1. The quantitative estimate of drug-likeness (QED) is 0.820. The molecule has 1 saturated heterocycles. The summed E-state index contributed by atoms with van der Waals surface area (Å²) < 4.78 is 0. The third-order valence-corrected chi connectivity index (χ3v) is 3.37. The zero-order valence-electron chi connectivity index (χ0n) is 11.1. The van der Waals surface area contributed by atoms with E-state index in [2.05, 4.69) is 11.4 Å². The Hall–Kier alpha value is -1.55. The molecule has 4 heteroatoms. The lowest BCUT2D eigenvalue weighted by molar-refractivity contribution is -0.125. The number of aryl methyl sites for hydroxylation is 2. The molecule has 4 nitrogen and oxygen atoms in total. The number of hydrogen-bond acceptors (Lipinski definition) is 3. The van der Waals surface area contributed by atoms with Gasteiger partial charge >= 0.3 is 0 Å². The Kier molecular flexibility index (Phi) is 3.57. The molecule has 0 saturated carbocycles. The van der Waals surface area contributed by atoms with Gasteiger partial charge in [-0.15, -0.1) is 0 Å². The molecule has 2 rings (SSSR count). The number of nitrogens with one attached hydrogen (secondary N) is 1. The fraction of sp³-hybridized carbons (Fsp3) is 0.500. The molecular formula is C14H20N2O2. The highest BCUT2D eigenvalue weighted by molar-refractivity contribution is 5.87. The number of rotatable bonds is 2. The minimum absolute atomic E-state index is 0.0982. The number of hydrogen-bond donors (Lipinski definition) is 2. The number of carbonyl (C=O) groups is 1. The summed E-state index contributed by atoms with van der Waals surface area (Å²) in [6.45, 7) is 6.62. The van der Waals surface area contributed by atoms with Gasteiger partial charge in [-0.25, -0.2) is 0 Å². The first-order valence-corrected chi connectivity index (χ1v) is 6.28. The Bertz CT molecular complexity index is 459. The smallest absolute Gasteiger partial charge is 0.245 e. The van der Waals surface area contributed by atoms with Crippen molar-refractivity contribution < 1.29 is 9.90 Å². The van der Waals surface area contributed by atoms with Crippen molar-refractivity contribution in [2.45, 2.75) is 32.9 Å². The molecule has 18 heavy (non-hydrogen) atoms. The molecule has 1 aliphatic heterocycles. The molecule has 2 unspecified atom stereocenters. The Morgan fingerprint density at radius 2 is 2.17 bits per heavy atom. The molecule has 0 bridgehead atoms. The van der Waals surface area contributed by atoms with Crippen LogP contribution in [0.3, 0.4) is 0 Å². The average molecular weight is 248 g/mol.